The number of carboxylic acids is 1. The van der Waals surface area contributed by atoms with Crippen LogP contribution in [0.5, 0.6) is 0 Å². The molecular formula is C12H14N2O2. The van der Waals surface area contributed by atoms with Crippen molar-refractivity contribution in [3.63, 3.8) is 0 Å². The van der Waals surface area contributed by atoms with E-state index in [1.807, 2.05) is 35.9 Å². The number of carbonyl (C=O) groups is 1. The summed E-state index contributed by atoms with van der Waals surface area (Å²) in [7, 11) is 0. The van der Waals surface area contributed by atoms with Crippen molar-refractivity contribution < 1.29 is 9.90 Å². The van der Waals surface area contributed by atoms with Crippen LogP contribution in [0.3, 0.4) is 0 Å². The van der Waals surface area contributed by atoms with Crippen molar-refractivity contribution in [1.82, 2.24) is 9.38 Å². The maximum Gasteiger partial charge on any atom is 0.303 e. The van der Waals surface area contributed by atoms with E-state index in [4.69, 9.17) is 5.11 Å². The van der Waals surface area contributed by atoms with Crippen LogP contribution >= 0.6 is 0 Å². The summed E-state index contributed by atoms with van der Waals surface area (Å²) >= 11 is 0. The van der Waals surface area contributed by atoms with Gasteiger partial charge in [0.05, 0.1) is 11.7 Å². The van der Waals surface area contributed by atoms with E-state index in [0.717, 1.165) is 11.3 Å². The zero-order chi connectivity index (χ0) is 11.5. The van der Waals surface area contributed by atoms with Crippen molar-refractivity contribution in [3.8, 4) is 0 Å². The topological polar surface area (TPSA) is 54.6 Å². The number of fused-ring (bicyclic) bond motifs is 1. The van der Waals surface area contributed by atoms with Crippen LogP contribution in [0.15, 0.2) is 24.5 Å². The molecule has 0 fully saturated rings. The molecule has 2 aromatic rings. The van der Waals surface area contributed by atoms with E-state index in [1.165, 1.54) is 5.56 Å². The first kappa shape index (κ1) is 10.7. The molecule has 0 radical (unpaired) electrons. The molecule has 0 aliphatic rings. The number of aryl methyl sites for hydroxylation is 2. The SMILES string of the molecule is Cc1ccc2cnc(CCCC(=O)O)n2c1. The molecule has 84 valence electrons. The molecule has 0 aromatic carbocycles. The lowest BCUT2D eigenvalue weighted by Gasteiger charge is -2.01. The van der Waals surface area contributed by atoms with Crippen molar-refractivity contribution in [2.45, 2.75) is 26.2 Å². The van der Waals surface area contributed by atoms with Crippen LogP contribution in [0.2, 0.25) is 0 Å². The molecule has 4 nitrogen and oxygen atoms in total. The molecule has 0 unspecified atom stereocenters. The fraction of sp³-hybridized carbons (Fsp3) is 0.333. The van der Waals surface area contributed by atoms with Crippen molar-refractivity contribution >= 4 is 11.5 Å². The van der Waals surface area contributed by atoms with E-state index in [0.29, 0.717) is 12.8 Å². The molecule has 0 saturated heterocycles. The summed E-state index contributed by atoms with van der Waals surface area (Å²) in [6, 6.07) is 4.06. The predicted molar refractivity (Wildman–Crippen MR) is 60.5 cm³/mol. The maximum absolute atomic E-state index is 10.4. The maximum atomic E-state index is 10.4. The normalized spacial score (nSPS) is 10.8. The molecule has 0 spiro atoms. The van der Waals surface area contributed by atoms with Gasteiger partial charge in [-0.1, -0.05) is 6.07 Å². The Hall–Kier alpha value is -1.84. The van der Waals surface area contributed by atoms with Crippen molar-refractivity contribution in [2.24, 2.45) is 0 Å². The van der Waals surface area contributed by atoms with Crippen molar-refractivity contribution in [3.05, 3.63) is 35.9 Å². The van der Waals surface area contributed by atoms with Gasteiger partial charge in [-0.05, 0) is 25.0 Å². The first-order valence-electron chi connectivity index (χ1n) is 5.31. The van der Waals surface area contributed by atoms with Gasteiger partial charge in [0.1, 0.15) is 5.82 Å². The number of pyridine rings is 1. The molecule has 2 rings (SSSR count). The predicted octanol–water partition coefficient (Wildman–Crippen LogP) is 2.05. The second kappa shape index (κ2) is 4.35. The third kappa shape index (κ3) is 2.21. The molecule has 2 heterocycles. The average Bonchev–Trinajstić information content (AvgIpc) is 2.60. The van der Waals surface area contributed by atoms with Gasteiger partial charge >= 0.3 is 5.97 Å². The second-order valence-electron chi connectivity index (χ2n) is 3.92. The lowest BCUT2D eigenvalue weighted by atomic mass is 10.2. The molecule has 4 heteroatoms. The second-order valence-corrected chi connectivity index (χ2v) is 3.92. The minimum Gasteiger partial charge on any atom is -0.481 e. The standard InChI is InChI=1S/C12H14N2O2/c1-9-5-6-10-7-13-11(14(10)8-9)3-2-4-12(15)16/h5-8H,2-4H2,1H3,(H,15,16). The lowest BCUT2D eigenvalue weighted by Crippen LogP contribution is -1.99. The number of hydrogen-bond donors (Lipinski definition) is 1. The highest BCUT2D eigenvalue weighted by atomic mass is 16.4. The number of aromatic nitrogens is 2. The van der Waals surface area contributed by atoms with Crippen LogP contribution in [0.1, 0.15) is 24.2 Å². The van der Waals surface area contributed by atoms with E-state index < -0.39 is 5.97 Å². The highest BCUT2D eigenvalue weighted by Crippen LogP contribution is 2.11. The first-order chi connectivity index (χ1) is 7.66. The van der Waals surface area contributed by atoms with Crippen LogP contribution in [-0.4, -0.2) is 20.5 Å². The fourth-order valence-electron chi connectivity index (χ4n) is 1.73. The number of aliphatic carboxylic acids is 1. The number of hydrogen-bond acceptors (Lipinski definition) is 2. The Kier molecular flexibility index (Phi) is 2.90. The summed E-state index contributed by atoms with van der Waals surface area (Å²) in [4.78, 5) is 14.7. The van der Waals surface area contributed by atoms with Crippen molar-refractivity contribution in [2.75, 3.05) is 0 Å². The highest BCUT2D eigenvalue weighted by molar-refractivity contribution is 5.66. The van der Waals surface area contributed by atoms with Crippen LogP contribution in [0, 0.1) is 6.92 Å². The smallest absolute Gasteiger partial charge is 0.303 e. The van der Waals surface area contributed by atoms with E-state index in [-0.39, 0.29) is 6.42 Å². The summed E-state index contributed by atoms with van der Waals surface area (Å²) in [5.41, 5.74) is 2.22. The van der Waals surface area contributed by atoms with Gasteiger partial charge in [0.25, 0.3) is 0 Å². The Morgan fingerprint density at radius 2 is 2.31 bits per heavy atom. The molecule has 0 aliphatic carbocycles. The third-order valence-corrected chi connectivity index (χ3v) is 2.54. The van der Waals surface area contributed by atoms with Gasteiger partial charge in [-0.25, -0.2) is 4.98 Å². The molecular weight excluding hydrogens is 204 g/mol. The minimum atomic E-state index is -0.753. The van der Waals surface area contributed by atoms with E-state index >= 15 is 0 Å². The fourth-order valence-corrected chi connectivity index (χ4v) is 1.73. The zero-order valence-corrected chi connectivity index (χ0v) is 9.18. The average molecular weight is 218 g/mol. The van der Waals surface area contributed by atoms with Gasteiger partial charge in [-0.2, -0.15) is 0 Å². The highest BCUT2D eigenvalue weighted by Gasteiger charge is 2.04. The van der Waals surface area contributed by atoms with Crippen molar-refractivity contribution in [1.29, 1.82) is 0 Å². The van der Waals surface area contributed by atoms with E-state index in [2.05, 4.69) is 4.98 Å². The van der Waals surface area contributed by atoms with Gasteiger partial charge < -0.3 is 9.51 Å². The number of carboxylic acid groups (broad SMARTS) is 1. The van der Waals surface area contributed by atoms with Crippen LogP contribution in [0.25, 0.3) is 5.52 Å². The van der Waals surface area contributed by atoms with E-state index in [1.54, 1.807) is 0 Å². The Balaban J connectivity index is 2.17. The Morgan fingerprint density at radius 3 is 3.06 bits per heavy atom. The molecule has 0 saturated carbocycles. The molecule has 0 atom stereocenters. The third-order valence-electron chi connectivity index (χ3n) is 2.54. The molecule has 0 aliphatic heterocycles. The number of rotatable bonds is 4. The molecule has 1 N–H and O–H groups in total. The van der Waals surface area contributed by atoms with Crippen LogP contribution in [0.4, 0.5) is 0 Å². The quantitative estimate of drug-likeness (QED) is 0.854. The summed E-state index contributed by atoms with van der Waals surface area (Å²) in [6.07, 6.45) is 5.36. The first-order valence-corrected chi connectivity index (χ1v) is 5.31. The summed E-state index contributed by atoms with van der Waals surface area (Å²) in [5.74, 6) is 0.178. The zero-order valence-electron chi connectivity index (χ0n) is 9.18. The molecule has 0 amide bonds. The Labute approximate surface area is 93.5 Å². The number of imidazole rings is 1. The summed E-state index contributed by atoms with van der Waals surface area (Å²) < 4.78 is 2.02. The molecule has 2 aromatic heterocycles. The molecule has 0 bridgehead atoms. The van der Waals surface area contributed by atoms with Gasteiger partial charge in [0, 0.05) is 19.0 Å². The van der Waals surface area contributed by atoms with Crippen LogP contribution in [-0.2, 0) is 11.2 Å². The van der Waals surface area contributed by atoms with Gasteiger partial charge in [0.2, 0.25) is 0 Å². The Morgan fingerprint density at radius 1 is 1.50 bits per heavy atom. The van der Waals surface area contributed by atoms with Gasteiger partial charge in [-0.15, -0.1) is 0 Å². The molecule has 16 heavy (non-hydrogen) atoms. The summed E-state index contributed by atoms with van der Waals surface area (Å²) in [6.45, 7) is 2.03. The minimum absolute atomic E-state index is 0.195. The monoisotopic (exact) mass is 218 g/mol. The van der Waals surface area contributed by atoms with Gasteiger partial charge in [0.15, 0.2) is 0 Å². The number of nitrogens with zero attached hydrogens (tertiary/aromatic N) is 2. The summed E-state index contributed by atoms with van der Waals surface area (Å²) in [5, 5.41) is 8.57. The Bertz CT molecular complexity index is 517. The van der Waals surface area contributed by atoms with E-state index in [9.17, 15) is 4.79 Å². The van der Waals surface area contributed by atoms with Gasteiger partial charge in [-0.3, -0.25) is 4.79 Å². The lowest BCUT2D eigenvalue weighted by molar-refractivity contribution is -0.137. The largest absolute Gasteiger partial charge is 0.481 e. The van der Waals surface area contributed by atoms with Crippen LogP contribution < -0.4 is 0 Å².